The van der Waals surface area contributed by atoms with Crippen molar-refractivity contribution in [2.24, 2.45) is 17.4 Å². The van der Waals surface area contributed by atoms with Gasteiger partial charge in [-0.25, -0.2) is 0 Å². The third-order valence-corrected chi connectivity index (χ3v) is 3.28. The van der Waals surface area contributed by atoms with Gasteiger partial charge in [0, 0.05) is 0 Å². The second-order valence-electron chi connectivity index (χ2n) is 5.89. The minimum absolute atomic E-state index is 0.260. The predicted octanol–water partition coefficient (Wildman–Crippen LogP) is 0.881. The smallest absolute Gasteiger partial charge is 0.240 e. The number of hydrogen-bond acceptors (Lipinski definition) is 3. The summed E-state index contributed by atoms with van der Waals surface area (Å²) in [6, 6.07) is 6.49. The molecule has 2 amide bonds. The van der Waals surface area contributed by atoms with E-state index >= 15 is 0 Å². The number of nitrogens with two attached hydrogens (primary N) is 2. The first-order chi connectivity index (χ1) is 9.79. The zero-order valence-electron chi connectivity index (χ0n) is 12.9. The molecule has 0 aliphatic carbocycles. The van der Waals surface area contributed by atoms with Crippen LogP contribution in [0.1, 0.15) is 31.4 Å². The van der Waals surface area contributed by atoms with Gasteiger partial charge in [0.2, 0.25) is 11.8 Å². The lowest BCUT2D eigenvalue weighted by atomic mass is 10.0. The molecule has 1 aromatic carbocycles. The fourth-order valence-corrected chi connectivity index (χ4v) is 2.07. The monoisotopic (exact) mass is 291 g/mol. The second-order valence-corrected chi connectivity index (χ2v) is 5.89. The summed E-state index contributed by atoms with van der Waals surface area (Å²) in [5.41, 5.74) is 13.4. The van der Waals surface area contributed by atoms with Crippen molar-refractivity contribution in [3.63, 3.8) is 0 Å². The summed E-state index contributed by atoms with van der Waals surface area (Å²) in [5, 5.41) is 2.64. The number of amides is 2. The van der Waals surface area contributed by atoms with Gasteiger partial charge in [0.05, 0.1) is 6.04 Å². The summed E-state index contributed by atoms with van der Waals surface area (Å²) in [6.07, 6.45) is 0.942. The number of carbonyl (C=O) groups excluding carboxylic acids is 2. The van der Waals surface area contributed by atoms with E-state index in [4.69, 9.17) is 11.5 Å². The molecule has 2 atom stereocenters. The molecule has 5 heteroatoms. The largest absolute Gasteiger partial charge is 0.368 e. The van der Waals surface area contributed by atoms with Crippen molar-refractivity contribution >= 4 is 11.8 Å². The molecule has 0 bridgehead atoms. The Hall–Kier alpha value is -1.88. The molecule has 21 heavy (non-hydrogen) atoms. The topological polar surface area (TPSA) is 98.2 Å². The fourth-order valence-electron chi connectivity index (χ4n) is 2.07. The van der Waals surface area contributed by atoms with Crippen LogP contribution in [0, 0.1) is 12.8 Å². The first-order valence-corrected chi connectivity index (χ1v) is 7.20. The lowest BCUT2D eigenvalue weighted by Crippen LogP contribution is -2.51. The van der Waals surface area contributed by atoms with E-state index in [1.807, 2.05) is 45.0 Å². The van der Waals surface area contributed by atoms with Gasteiger partial charge in [0.25, 0.3) is 0 Å². The Morgan fingerprint density at radius 1 is 1.19 bits per heavy atom. The lowest BCUT2D eigenvalue weighted by molar-refractivity contribution is -0.128. The van der Waals surface area contributed by atoms with Crippen molar-refractivity contribution in [1.29, 1.82) is 0 Å². The lowest BCUT2D eigenvalue weighted by Gasteiger charge is -2.20. The minimum Gasteiger partial charge on any atom is -0.368 e. The molecule has 0 spiro atoms. The normalized spacial score (nSPS) is 13.8. The SMILES string of the molecule is Cc1ccc(C[C@H](N)C(=O)N[C@@H](CC(C)C)C(N)=O)cc1. The Bertz CT molecular complexity index is 483. The van der Waals surface area contributed by atoms with Crippen LogP contribution in [-0.4, -0.2) is 23.9 Å². The number of hydrogen-bond donors (Lipinski definition) is 3. The van der Waals surface area contributed by atoms with Crippen LogP contribution < -0.4 is 16.8 Å². The van der Waals surface area contributed by atoms with Crippen molar-refractivity contribution < 1.29 is 9.59 Å². The Kier molecular flexibility index (Phi) is 6.37. The summed E-state index contributed by atoms with van der Waals surface area (Å²) < 4.78 is 0. The fraction of sp³-hybridized carbons (Fsp3) is 0.500. The van der Waals surface area contributed by atoms with E-state index in [-0.39, 0.29) is 11.8 Å². The Balaban J connectivity index is 2.60. The molecule has 0 saturated heterocycles. The van der Waals surface area contributed by atoms with Crippen LogP contribution in [0.5, 0.6) is 0 Å². The first-order valence-electron chi connectivity index (χ1n) is 7.20. The molecule has 5 nitrogen and oxygen atoms in total. The Morgan fingerprint density at radius 2 is 1.76 bits per heavy atom. The third kappa shape index (κ3) is 5.95. The van der Waals surface area contributed by atoms with Crippen LogP contribution in [-0.2, 0) is 16.0 Å². The highest BCUT2D eigenvalue weighted by atomic mass is 16.2. The standard InChI is InChI=1S/C16H25N3O2/c1-10(2)8-14(15(18)20)19-16(21)13(17)9-12-6-4-11(3)5-7-12/h4-7,10,13-14H,8-9,17H2,1-3H3,(H2,18,20)(H,19,21)/t13-,14-/m0/s1. The van der Waals surface area contributed by atoms with Gasteiger partial charge in [-0.05, 0) is 31.2 Å². The van der Waals surface area contributed by atoms with Crippen LogP contribution in [0.2, 0.25) is 0 Å². The summed E-state index contributed by atoms with van der Waals surface area (Å²) in [7, 11) is 0. The van der Waals surface area contributed by atoms with E-state index in [0.717, 1.165) is 11.1 Å². The Labute approximate surface area is 126 Å². The van der Waals surface area contributed by atoms with Crippen LogP contribution in [0.3, 0.4) is 0 Å². The first kappa shape index (κ1) is 17.2. The van der Waals surface area contributed by atoms with Gasteiger partial charge in [0.15, 0.2) is 0 Å². The molecule has 0 aliphatic heterocycles. The highest BCUT2D eigenvalue weighted by Crippen LogP contribution is 2.07. The minimum atomic E-state index is -0.693. The van der Waals surface area contributed by atoms with Crippen LogP contribution in [0.15, 0.2) is 24.3 Å². The molecule has 0 aromatic heterocycles. The number of nitrogens with one attached hydrogen (secondary N) is 1. The molecule has 0 radical (unpaired) electrons. The van der Waals surface area contributed by atoms with Gasteiger partial charge in [-0.1, -0.05) is 43.7 Å². The molecule has 0 aliphatic rings. The highest BCUT2D eigenvalue weighted by Gasteiger charge is 2.22. The molecular weight excluding hydrogens is 266 g/mol. The molecule has 0 unspecified atom stereocenters. The second kappa shape index (κ2) is 7.78. The summed E-state index contributed by atoms with van der Waals surface area (Å²) in [6.45, 7) is 5.93. The molecule has 0 fully saturated rings. The number of benzene rings is 1. The van der Waals surface area contributed by atoms with Crippen LogP contribution >= 0.6 is 0 Å². The van der Waals surface area contributed by atoms with Crippen molar-refractivity contribution in [1.82, 2.24) is 5.32 Å². The molecular formula is C16H25N3O2. The quantitative estimate of drug-likeness (QED) is 0.695. The van der Waals surface area contributed by atoms with Crippen molar-refractivity contribution in [3.8, 4) is 0 Å². The van der Waals surface area contributed by atoms with Gasteiger partial charge in [-0.3, -0.25) is 9.59 Å². The van der Waals surface area contributed by atoms with Gasteiger partial charge in [-0.15, -0.1) is 0 Å². The summed E-state index contributed by atoms with van der Waals surface area (Å²) >= 11 is 0. The Morgan fingerprint density at radius 3 is 2.24 bits per heavy atom. The zero-order valence-corrected chi connectivity index (χ0v) is 12.9. The average Bonchev–Trinajstić information content (AvgIpc) is 2.39. The van der Waals surface area contributed by atoms with E-state index in [0.29, 0.717) is 12.8 Å². The summed E-state index contributed by atoms with van der Waals surface area (Å²) in [4.78, 5) is 23.4. The molecule has 1 rings (SSSR count). The maximum absolute atomic E-state index is 12.1. The van der Waals surface area contributed by atoms with E-state index in [2.05, 4.69) is 5.32 Å². The number of rotatable bonds is 7. The van der Waals surface area contributed by atoms with E-state index in [9.17, 15) is 9.59 Å². The molecule has 1 aromatic rings. The average molecular weight is 291 g/mol. The zero-order chi connectivity index (χ0) is 16.0. The number of primary amides is 1. The van der Waals surface area contributed by atoms with Crippen molar-refractivity contribution in [2.75, 3.05) is 0 Å². The van der Waals surface area contributed by atoms with Crippen molar-refractivity contribution in [3.05, 3.63) is 35.4 Å². The predicted molar refractivity (Wildman–Crippen MR) is 83.4 cm³/mol. The van der Waals surface area contributed by atoms with Crippen LogP contribution in [0.25, 0.3) is 0 Å². The molecule has 0 heterocycles. The van der Waals surface area contributed by atoms with E-state index in [1.54, 1.807) is 0 Å². The maximum atomic E-state index is 12.1. The van der Waals surface area contributed by atoms with Crippen LogP contribution in [0.4, 0.5) is 0 Å². The van der Waals surface area contributed by atoms with Crippen molar-refractivity contribution in [2.45, 2.75) is 45.7 Å². The number of carbonyl (C=O) groups is 2. The maximum Gasteiger partial charge on any atom is 0.240 e. The summed E-state index contributed by atoms with van der Waals surface area (Å²) in [5.74, 6) is -0.615. The van der Waals surface area contributed by atoms with E-state index < -0.39 is 18.0 Å². The van der Waals surface area contributed by atoms with Gasteiger partial charge in [0.1, 0.15) is 6.04 Å². The highest BCUT2D eigenvalue weighted by molar-refractivity contribution is 5.89. The van der Waals surface area contributed by atoms with E-state index in [1.165, 1.54) is 0 Å². The molecule has 5 N–H and O–H groups in total. The molecule has 116 valence electrons. The van der Waals surface area contributed by atoms with Gasteiger partial charge in [-0.2, -0.15) is 0 Å². The van der Waals surface area contributed by atoms with Gasteiger partial charge < -0.3 is 16.8 Å². The number of aryl methyl sites for hydroxylation is 1. The van der Waals surface area contributed by atoms with Gasteiger partial charge >= 0.3 is 0 Å². The molecule has 0 saturated carbocycles. The third-order valence-electron chi connectivity index (χ3n) is 3.28.